The van der Waals surface area contributed by atoms with E-state index in [1.807, 2.05) is 0 Å². The number of amides is 3. The highest BCUT2D eigenvalue weighted by Gasteiger charge is 2.47. The molecule has 1 aliphatic carbocycles. The standard InChI is InChI=1S/C37H41F4N11O4/c1-47(18-21-4-6-22(7-5-21)51-19-25(31(46-51)32(38)39)44-34(54)24-17-43-50-14-3-13-42-33(24)50)29-12-15-49(20-37(29,40)41)23-8-9-26-28(16-23)48(2)36(56)52(26)27-10-11-30(53)45-35(27)55/h3,8-9,13-14,16-17,19,21-22,27,29,32H,4-7,10-12,15,18,20H2,1-2H3,(H,44,54)(H,45,53,55)/t21-,22-,27?,29?. The highest BCUT2D eigenvalue weighted by atomic mass is 19.3. The number of aromatic nitrogens is 7. The Morgan fingerprint density at radius 2 is 1.88 bits per heavy atom. The minimum atomic E-state index is -3.05. The number of carbonyl (C=O) groups is 3. The van der Waals surface area contributed by atoms with Crippen LogP contribution in [-0.4, -0.2) is 94.8 Å². The molecule has 2 N–H and O–H groups in total. The molecule has 15 nitrogen and oxygen atoms in total. The van der Waals surface area contributed by atoms with Crippen molar-refractivity contribution in [1.29, 1.82) is 0 Å². The molecule has 2 atom stereocenters. The lowest BCUT2D eigenvalue weighted by molar-refractivity contribution is -0.135. The van der Waals surface area contributed by atoms with Gasteiger partial charge in [0.1, 0.15) is 11.6 Å². The number of piperidine rings is 2. The van der Waals surface area contributed by atoms with Gasteiger partial charge in [-0.2, -0.15) is 10.2 Å². The molecule has 0 spiro atoms. The Kier molecular flexibility index (Phi) is 9.66. The van der Waals surface area contributed by atoms with Crippen molar-refractivity contribution in [3.63, 3.8) is 0 Å². The first kappa shape index (κ1) is 37.3. The van der Waals surface area contributed by atoms with Crippen molar-refractivity contribution in [2.45, 2.75) is 75.4 Å². The van der Waals surface area contributed by atoms with Crippen molar-refractivity contribution in [1.82, 2.24) is 43.7 Å². The molecule has 0 bridgehead atoms. The third kappa shape index (κ3) is 6.81. The second kappa shape index (κ2) is 14.5. The molecule has 296 valence electrons. The number of halogens is 4. The van der Waals surface area contributed by atoms with Gasteiger partial charge in [-0.15, -0.1) is 0 Å². The van der Waals surface area contributed by atoms with Crippen molar-refractivity contribution in [3.05, 3.63) is 70.8 Å². The van der Waals surface area contributed by atoms with Crippen LogP contribution in [0.5, 0.6) is 0 Å². The molecule has 2 unspecified atom stereocenters. The number of rotatable bonds is 9. The Balaban J connectivity index is 0.883. The highest BCUT2D eigenvalue weighted by Crippen LogP contribution is 2.38. The summed E-state index contributed by atoms with van der Waals surface area (Å²) < 4.78 is 65.5. The van der Waals surface area contributed by atoms with Crippen LogP contribution in [0.15, 0.2) is 53.8 Å². The van der Waals surface area contributed by atoms with E-state index in [1.54, 1.807) is 54.4 Å². The van der Waals surface area contributed by atoms with E-state index < -0.39 is 54.2 Å². The van der Waals surface area contributed by atoms with E-state index in [1.165, 1.54) is 36.9 Å². The van der Waals surface area contributed by atoms with Crippen LogP contribution >= 0.6 is 0 Å². The van der Waals surface area contributed by atoms with Crippen molar-refractivity contribution < 1.29 is 31.9 Å². The Bertz CT molecular complexity index is 2380. The van der Waals surface area contributed by atoms with Crippen LogP contribution < -0.4 is 21.2 Å². The molecule has 56 heavy (non-hydrogen) atoms. The van der Waals surface area contributed by atoms with Crippen molar-refractivity contribution >= 4 is 45.8 Å². The second-order valence-electron chi connectivity index (χ2n) is 15.1. The lowest BCUT2D eigenvalue weighted by Crippen LogP contribution is -2.58. The fourth-order valence-electron chi connectivity index (χ4n) is 8.62. The molecule has 4 aromatic heterocycles. The average molecular weight is 780 g/mol. The number of aryl methyl sites for hydroxylation is 1. The SMILES string of the molecule is CN(C[C@H]1CC[C@H](n2cc(NC(=O)c3cnn4cccnc34)c(C(F)F)n2)CC1)C1CCN(c2ccc3c(c2)n(C)c(=O)n3C2CCC(=O)NC2=O)CC1(F)F. The third-order valence-electron chi connectivity index (χ3n) is 11.5. The number of hydrogen-bond donors (Lipinski definition) is 2. The van der Waals surface area contributed by atoms with Crippen LogP contribution in [0.25, 0.3) is 16.7 Å². The number of nitrogens with zero attached hydrogens (tertiary/aromatic N) is 9. The summed E-state index contributed by atoms with van der Waals surface area (Å²) >= 11 is 0. The molecule has 3 fully saturated rings. The lowest BCUT2D eigenvalue weighted by Gasteiger charge is -2.44. The van der Waals surface area contributed by atoms with Crippen molar-refractivity contribution in [2.75, 3.05) is 36.9 Å². The first-order valence-electron chi connectivity index (χ1n) is 18.6. The summed E-state index contributed by atoms with van der Waals surface area (Å²) in [5, 5.41) is 13.1. The topological polar surface area (TPSA) is 157 Å². The first-order valence-corrected chi connectivity index (χ1v) is 18.6. The number of imide groups is 1. The van der Waals surface area contributed by atoms with Gasteiger partial charge in [-0.05, 0) is 75.8 Å². The van der Waals surface area contributed by atoms with Crippen molar-refractivity contribution in [2.24, 2.45) is 13.0 Å². The summed E-state index contributed by atoms with van der Waals surface area (Å²) in [4.78, 5) is 58.0. The molecule has 1 aromatic carbocycles. The molecule has 0 radical (unpaired) electrons. The smallest absolute Gasteiger partial charge is 0.329 e. The number of fused-ring (bicyclic) bond motifs is 2. The highest BCUT2D eigenvalue weighted by molar-refractivity contribution is 6.08. The summed E-state index contributed by atoms with van der Waals surface area (Å²) in [5.74, 6) is -4.50. The minimum Gasteiger partial charge on any atom is -0.365 e. The molecular formula is C37H41F4N11O4. The summed E-state index contributed by atoms with van der Waals surface area (Å²) in [6.07, 6.45) is 6.06. The summed E-state index contributed by atoms with van der Waals surface area (Å²) in [6, 6.07) is 4.66. The maximum absolute atomic E-state index is 15.9. The average Bonchev–Trinajstić information content (AvgIpc) is 3.86. The van der Waals surface area contributed by atoms with Crippen molar-refractivity contribution in [3.8, 4) is 0 Å². The van der Waals surface area contributed by atoms with Crippen LogP contribution in [0.2, 0.25) is 0 Å². The zero-order valence-corrected chi connectivity index (χ0v) is 30.7. The Morgan fingerprint density at radius 1 is 1.09 bits per heavy atom. The van der Waals surface area contributed by atoms with Gasteiger partial charge >= 0.3 is 5.69 Å². The number of hydrogen-bond acceptors (Lipinski definition) is 9. The maximum atomic E-state index is 15.9. The van der Waals surface area contributed by atoms with Crippen LogP contribution in [0, 0.1) is 5.92 Å². The van der Waals surface area contributed by atoms with Gasteiger partial charge in [-0.1, -0.05) is 0 Å². The van der Waals surface area contributed by atoms with E-state index in [0.29, 0.717) is 55.5 Å². The fraction of sp³-hybridized carbons (Fsp3) is 0.486. The predicted molar refractivity (Wildman–Crippen MR) is 196 cm³/mol. The molecule has 3 amide bonds. The maximum Gasteiger partial charge on any atom is 0.329 e. The van der Waals surface area contributed by atoms with E-state index in [2.05, 4.69) is 25.8 Å². The molecule has 3 aliphatic rings. The van der Waals surface area contributed by atoms with Crippen LogP contribution in [-0.2, 0) is 16.6 Å². The normalized spacial score (nSPS) is 23.0. The van der Waals surface area contributed by atoms with Gasteiger partial charge < -0.3 is 10.2 Å². The molecule has 2 saturated heterocycles. The fourth-order valence-corrected chi connectivity index (χ4v) is 8.62. The van der Waals surface area contributed by atoms with Gasteiger partial charge in [0.2, 0.25) is 11.8 Å². The first-order chi connectivity index (χ1) is 26.8. The Morgan fingerprint density at radius 3 is 2.61 bits per heavy atom. The zero-order valence-electron chi connectivity index (χ0n) is 30.7. The van der Waals surface area contributed by atoms with Crippen LogP contribution in [0.1, 0.15) is 79.5 Å². The molecule has 19 heteroatoms. The summed E-state index contributed by atoms with van der Waals surface area (Å²) in [6.45, 7) is 0.301. The number of anilines is 2. The zero-order chi connectivity index (χ0) is 39.5. The van der Waals surface area contributed by atoms with E-state index in [9.17, 15) is 28.0 Å². The summed E-state index contributed by atoms with van der Waals surface area (Å²) in [5.41, 5.74) is 0.884. The van der Waals surface area contributed by atoms with E-state index in [0.717, 1.165) is 0 Å². The number of benzene rings is 1. The Hall–Kier alpha value is -5.59. The largest absolute Gasteiger partial charge is 0.365 e. The molecule has 1 saturated carbocycles. The van der Waals surface area contributed by atoms with Gasteiger partial charge in [0.05, 0.1) is 41.5 Å². The summed E-state index contributed by atoms with van der Waals surface area (Å²) in [7, 11) is 3.28. The van der Waals surface area contributed by atoms with Gasteiger partial charge in [0.25, 0.3) is 18.3 Å². The second-order valence-corrected chi connectivity index (χ2v) is 15.1. The Labute approximate surface area is 317 Å². The van der Waals surface area contributed by atoms with Gasteiger partial charge in [-0.3, -0.25) is 38.4 Å². The van der Waals surface area contributed by atoms with E-state index in [-0.39, 0.29) is 54.0 Å². The van der Waals surface area contributed by atoms with Gasteiger partial charge in [-0.25, -0.2) is 31.9 Å². The quantitative estimate of drug-likeness (QED) is 0.164. The monoisotopic (exact) mass is 779 g/mol. The van der Waals surface area contributed by atoms with Gasteiger partial charge in [0, 0.05) is 50.8 Å². The van der Waals surface area contributed by atoms with Gasteiger partial charge in [0.15, 0.2) is 11.3 Å². The van der Waals surface area contributed by atoms with E-state index in [4.69, 9.17) is 0 Å². The molecule has 5 aromatic rings. The minimum absolute atomic E-state index is 0.0923. The van der Waals surface area contributed by atoms with E-state index >= 15 is 8.78 Å². The van der Waals surface area contributed by atoms with Crippen LogP contribution in [0.3, 0.4) is 0 Å². The third-order valence-corrected chi connectivity index (χ3v) is 11.5. The number of imidazole rings is 1. The molecule has 2 aliphatic heterocycles. The lowest BCUT2D eigenvalue weighted by atomic mass is 9.85. The molecular weight excluding hydrogens is 738 g/mol. The number of nitrogens with one attached hydrogen (secondary N) is 2. The molecule has 8 rings (SSSR count). The predicted octanol–water partition coefficient (Wildman–Crippen LogP) is 4.32. The molecule has 6 heterocycles. The van der Waals surface area contributed by atoms with Crippen LogP contribution in [0.4, 0.5) is 28.9 Å². The number of alkyl halides is 4. The number of carbonyl (C=O) groups excluding carboxylic acids is 3.